The van der Waals surface area contributed by atoms with Crippen LogP contribution in [0.3, 0.4) is 0 Å². The average Bonchev–Trinajstić information content (AvgIpc) is 2.38. The lowest BCUT2D eigenvalue weighted by atomic mass is 10.1. The van der Waals surface area contributed by atoms with Crippen LogP contribution in [-0.4, -0.2) is 40.1 Å². The van der Waals surface area contributed by atoms with Gasteiger partial charge in [-0.3, -0.25) is 4.79 Å². The second-order valence-corrected chi connectivity index (χ2v) is 4.87. The number of pyridine rings is 1. The van der Waals surface area contributed by atoms with Crippen LogP contribution in [0.25, 0.3) is 0 Å². The van der Waals surface area contributed by atoms with E-state index < -0.39 is 0 Å². The second kappa shape index (κ2) is 7.48. The lowest BCUT2D eigenvalue weighted by Crippen LogP contribution is -2.41. The number of aliphatic hydroxyl groups is 1. The first-order valence-electron chi connectivity index (χ1n) is 6.17. The third kappa shape index (κ3) is 3.78. The van der Waals surface area contributed by atoms with Crippen LogP contribution in [-0.2, 0) is 0 Å². The van der Waals surface area contributed by atoms with E-state index in [-0.39, 0.29) is 18.6 Å². The molecule has 0 aliphatic heterocycles. The van der Waals surface area contributed by atoms with Crippen molar-refractivity contribution >= 4 is 21.8 Å². The topological polar surface area (TPSA) is 53.4 Å². The number of aromatic nitrogens is 1. The minimum atomic E-state index is -0.0548. The van der Waals surface area contributed by atoms with Gasteiger partial charge in [0.05, 0.1) is 6.61 Å². The van der Waals surface area contributed by atoms with E-state index in [2.05, 4.69) is 20.9 Å². The van der Waals surface area contributed by atoms with Gasteiger partial charge in [-0.25, -0.2) is 4.98 Å². The highest BCUT2D eigenvalue weighted by molar-refractivity contribution is 9.10. The predicted octanol–water partition coefficient (Wildman–Crippen LogP) is 2.47. The molecule has 0 fully saturated rings. The molecule has 5 heteroatoms. The number of hydrogen-bond donors (Lipinski definition) is 1. The van der Waals surface area contributed by atoms with E-state index in [4.69, 9.17) is 5.11 Å². The third-order valence-electron chi connectivity index (χ3n) is 2.96. The van der Waals surface area contributed by atoms with Crippen LogP contribution in [0, 0.1) is 0 Å². The van der Waals surface area contributed by atoms with Crippen LogP contribution >= 0.6 is 15.9 Å². The van der Waals surface area contributed by atoms with Gasteiger partial charge in [0.25, 0.3) is 5.91 Å². The molecule has 0 aliphatic rings. The zero-order chi connectivity index (χ0) is 13.5. The molecule has 18 heavy (non-hydrogen) atoms. The van der Waals surface area contributed by atoms with Crippen LogP contribution in [0.4, 0.5) is 0 Å². The molecule has 1 heterocycles. The summed E-state index contributed by atoms with van der Waals surface area (Å²) >= 11 is 3.26. The van der Waals surface area contributed by atoms with E-state index in [1.807, 2.05) is 13.8 Å². The monoisotopic (exact) mass is 314 g/mol. The maximum atomic E-state index is 12.4. The molecule has 0 saturated carbocycles. The highest BCUT2D eigenvalue weighted by Crippen LogP contribution is 2.15. The molecule has 1 N–H and O–H groups in total. The molecular weight excluding hydrogens is 296 g/mol. The molecule has 0 bridgehead atoms. The molecular formula is C13H19BrN2O2. The molecule has 1 aromatic heterocycles. The van der Waals surface area contributed by atoms with Gasteiger partial charge in [0.1, 0.15) is 4.60 Å². The molecule has 0 saturated heterocycles. The minimum Gasteiger partial charge on any atom is -0.395 e. The summed E-state index contributed by atoms with van der Waals surface area (Å²) in [6, 6.07) is 3.56. The van der Waals surface area contributed by atoms with E-state index in [0.717, 1.165) is 12.8 Å². The van der Waals surface area contributed by atoms with Crippen molar-refractivity contribution in [1.82, 2.24) is 9.88 Å². The van der Waals surface area contributed by atoms with E-state index in [1.54, 1.807) is 23.2 Å². The number of amides is 1. The zero-order valence-corrected chi connectivity index (χ0v) is 12.4. The highest BCUT2D eigenvalue weighted by atomic mass is 79.9. The maximum absolute atomic E-state index is 12.4. The van der Waals surface area contributed by atoms with Gasteiger partial charge in [0.15, 0.2) is 0 Å². The fourth-order valence-electron chi connectivity index (χ4n) is 1.99. The fraction of sp³-hybridized carbons (Fsp3) is 0.538. The van der Waals surface area contributed by atoms with E-state index >= 15 is 0 Å². The summed E-state index contributed by atoms with van der Waals surface area (Å²) in [5, 5.41) is 9.11. The van der Waals surface area contributed by atoms with Gasteiger partial charge in [0, 0.05) is 24.3 Å². The molecule has 1 amide bonds. The number of carbonyl (C=O) groups excluding carboxylic acids is 1. The van der Waals surface area contributed by atoms with Crippen LogP contribution in [0.5, 0.6) is 0 Å². The second-order valence-electron chi connectivity index (χ2n) is 4.06. The summed E-state index contributed by atoms with van der Waals surface area (Å²) in [7, 11) is 0. The molecule has 0 radical (unpaired) electrons. The number of aliphatic hydroxyl groups excluding tert-OH is 1. The molecule has 0 atom stereocenters. The molecule has 1 rings (SSSR count). The molecule has 4 nitrogen and oxygen atoms in total. The van der Waals surface area contributed by atoms with Gasteiger partial charge in [0.2, 0.25) is 0 Å². The summed E-state index contributed by atoms with van der Waals surface area (Å²) in [5.41, 5.74) is 0.595. The first-order valence-corrected chi connectivity index (χ1v) is 6.96. The van der Waals surface area contributed by atoms with Gasteiger partial charge in [-0.2, -0.15) is 0 Å². The van der Waals surface area contributed by atoms with Gasteiger partial charge in [-0.1, -0.05) is 13.8 Å². The van der Waals surface area contributed by atoms with E-state index in [0.29, 0.717) is 16.7 Å². The summed E-state index contributed by atoms with van der Waals surface area (Å²) in [6.07, 6.45) is 3.37. The number of rotatable bonds is 6. The summed E-state index contributed by atoms with van der Waals surface area (Å²) in [5.74, 6) is -0.0548. The van der Waals surface area contributed by atoms with Crippen molar-refractivity contribution in [3.05, 3.63) is 28.5 Å². The van der Waals surface area contributed by atoms with Gasteiger partial charge in [-0.05, 0) is 40.9 Å². The van der Waals surface area contributed by atoms with Crippen LogP contribution in [0.15, 0.2) is 22.9 Å². The molecule has 100 valence electrons. The Morgan fingerprint density at radius 1 is 1.50 bits per heavy atom. The van der Waals surface area contributed by atoms with Crippen LogP contribution < -0.4 is 0 Å². The number of carbonyl (C=O) groups is 1. The Morgan fingerprint density at radius 2 is 2.17 bits per heavy atom. The third-order valence-corrected chi connectivity index (χ3v) is 3.39. The Morgan fingerprint density at radius 3 is 2.67 bits per heavy atom. The molecule has 0 aromatic carbocycles. The normalized spacial score (nSPS) is 10.7. The predicted molar refractivity (Wildman–Crippen MR) is 74.4 cm³/mol. The Balaban J connectivity index is 2.95. The van der Waals surface area contributed by atoms with Crippen molar-refractivity contribution < 1.29 is 9.90 Å². The van der Waals surface area contributed by atoms with Crippen molar-refractivity contribution in [1.29, 1.82) is 0 Å². The average molecular weight is 315 g/mol. The van der Waals surface area contributed by atoms with Crippen LogP contribution in [0.1, 0.15) is 37.0 Å². The summed E-state index contributed by atoms with van der Waals surface area (Å²) < 4.78 is 0.641. The van der Waals surface area contributed by atoms with Crippen molar-refractivity contribution in [2.75, 3.05) is 13.2 Å². The van der Waals surface area contributed by atoms with Gasteiger partial charge in [-0.15, -0.1) is 0 Å². The first-order chi connectivity index (χ1) is 8.63. The van der Waals surface area contributed by atoms with Crippen molar-refractivity contribution in [3.8, 4) is 0 Å². The fourth-order valence-corrected chi connectivity index (χ4v) is 2.35. The molecule has 0 spiro atoms. The van der Waals surface area contributed by atoms with Crippen molar-refractivity contribution in [2.24, 2.45) is 0 Å². The Hall–Kier alpha value is -0.940. The maximum Gasteiger partial charge on any atom is 0.254 e. The van der Waals surface area contributed by atoms with Gasteiger partial charge < -0.3 is 10.0 Å². The Kier molecular flexibility index (Phi) is 6.29. The Labute approximate surface area is 116 Å². The molecule has 0 unspecified atom stereocenters. The molecule has 1 aromatic rings. The summed E-state index contributed by atoms with van der Waals surface area (Å²) in [4.78, 5) is 18.2. The largest absolute Gasteiger partial charge is 0.395 e. The van der Waals surface area contributed by atoms with E-state index in [1.165, 1.54) is 0 Å². The van der Waals surface area contributed by atoms with Crippen molar-refractivity contribution in [2.45, 2.75) is 32.7 Å². The number of halogens is 1. The smallest absolute Gasteiger partial charge is 0.254 e. The van der Waals surface area contributed by atoms with Gasteiger partial charge >= 0.3 is 0 Å². The number of nitrogens with zero attached hydrogens (tertiary/aromatic N) is 2. The van der Waals surface area contributed by atoms with E-state index in [9.17, 15) is 4.79 Å². The minimum absolute atomic E-state index is 0.0194. The highest BCUT2D eigenvalue weighted by Gasteiger charge is 2.21. The molecule has 0 aliphatic carbocycles. The first kappa shape index (κ1) is 15.1. The lowest BCUT2D eigenvalue weighted by molar-refractivity contribution is 0.0622. The standard InChI is InChI=1S/C13H19BrN2O2/c1-3-11(4-2)16(7-8-17)13(18)10-5-6-15-12(14)9-10/h5-6,9,11,17H,3-4,7-8H2,1-2H3. The SMILES string of the molecule is CCC(CC)N(CCO)C(=O)c1ccnc(Br)c1. The quantitative estimate of drug-likeness (QED) is 0.821. The number of hydrogen-bond acceptors (Lipinski definition) is 3. The van der Waals surface area contributed by atoms with Crippen molar-refractivity contribution in [3.63, 3.8) is 0 Å². The van der Waals surface area contributed by atoms with Crippen LogP contribution in [0.2, 0.25) is 0 Å². The zero-order valence-electron chi connectivity index (χ0n) is 10.8. The Bertz CT molecular complexity index is 394. The summed E-state index contributed by atoms with van der Waals surface area (Å²) in [6.45, 7) is 4.45. The lowest BCUT2D eigenvalue weighted by Gasteiger charge is -2.30.